The first-order valence-electron chi connectivity index (χ1n) is 6.93. The summed E-state index contributed by atoms with van der Waals surface area (Å²) in [5.74, 6) is 1.13. The van der Waals surface area contributed by atoms with Crippen LogP contribution < -0.4 is 0 Å². The molecule has 17 heavy (non-hydrogen) atoms. The quantitative estimate of drug-likeness (QED) is 0.776. The highest BCUT2D eigenvalue weighted by molar-refractivity contribution is 5.78. The van der Waals surface area contributed by atoms with Crippen molar-refractivity contribution in [3.8, 4) is 0 Å². The maximum absolute atomic E-state index is 12.1. The molecule has 0 saturated heterocycles. The highest BCUT2D eigenvalue weighted by Gasteiger charge is 2.23. The molecule has 100 valence electrons. The Hall–Kier alpha value is -0.570. The highest BCUT2D eigenvalue weighted by Crippen LogP contribution is 2.30. The van der Waals surface area contributed by atoms with Gasteiger partial charge in [-0.05, 0) is 25.7 Å². The van der Waals surface area contributed by atoms with Crippen LogP contribution >= 0.6 is 0 Å². The van der Waals surface area contributed by atoms with E-state index in [1.165, 1.54) is 25.7 Å². The minimum Gasteiger partial charge on any atom is -0.393 e. The van der Waals surface area contributed by atoms with Gasteiger partial charge in [0.2, 0.25) is 5.91 Å². The average molecular weight is 241 g/mol. The Kier molecular flexibility index (Phi) is 5.96. The van der Waals surface area contributed by atoms with Crippen LogP contribution in [0.2, 0.25) is 0 Å². The zero-order valence-electron chi connectivity index (χ0n) is 11.5. The second kappa shape index (κ2) is 7.00. The van der Waals surface area contributed by atoms with Gasteiger partial charge in [0.15, 0.2) is 0 Å². The molecule has 0 bridgehead atoms. The number of carbonyl (C=O) groups excluding carboxylic acids is 1. The molecule has 2 atom stereocenters. The van der Waals surface area contributed by atoms with Crippen LogP contribution in [0.15, 0.2) is 0 Å². The molecular weight excluding hydrogens is 214 g/mol. The summed E-state index contributed by atoms with van der Waals surface area (Å²) in [6, 6.07) is 0. The molecule has 1 N–H and O–H groups in total. The van der Waals surface area contributed by atoms with Crippen molar-refractivity contribution in [1.29, 1.82) is 0 Å². The fraction of sp³-hybridized carbons (Fsp3) is 0.929. The lowest BCUT2D eigenvalue weighted by Gasteiger charge is -2.23. The van der Waals surface area contributed by atoms with E-state index in [1.54, 1.807) is 11.8 Å². The van der Waals surface area contributed by atoms with Crippen LogP contribution in [-0.2, 0) is 4.79 Å². The van der Waals surface area contributed by atoms with Gasteiger partial charge in [-0.15, -0.1) is 0 Å². The number of amides is 1. The van der Waals surface area contributed by atoms with Crippen molar-refractivity contribution < 1.29 is 9.90 Å². The van der Waals surface area contributed by atoms with Crippen molar-refractivity contribution in [2.75, 3.05) is 13.6 Å². The number of hydrogen-bond acceptors (Lipinski definition) is 2. The summed E-state index contributed by atoms with van der Waals surface area (Å²) >= 11 is 0. The molecule has 0 heterocycles. The van der Waals surface area contributed by atoms with E-state index in [1.807, 2.05) is 14.0 Å². The second-order valence-electron chi connectivity index (χ2n) is 5.68. The zero-order chi connectivity index (χ0) is 12.8. The first-order valence-corrected chi connectivity index (χ1v) is 6.93. The van der Waals surface area contributed by atoms with Crippen LogP contribution in [0, 0.1) is 11.8 Å². The van der Waals surface area contributed by atoms with E-state index in [4.69, 9.17) is 0 Å². The van der Waals surface area contributed by atoms with E-state index in [2.05, 4.69) is 0 Å². The molecule has 3 nitrogen and oxygen atoms in total. The normalized spacial score (nSPS) is 20.2. The fourth-order valence-electron chi connectivity index (χ4n) is 2.71. The van der Waals surface area contributed by atoms with Crippen molar-refractivity contribution >= 4 is 5.91 Å². The van der Waals surface area contributed by atoms with E-state index >= 15 is 0 Å². The average Bonchev–Trinajstić information content (AvgIpc) is 2.77. The third-order valence-corrected chi connectivity index (χ3v) is 3.84. The van der Waals surface area contributed by atoms with Gasteiger partial charge in [-0.1, -0.05) is 32.6 Å². The number of hydrogen-bond donors (Lipinski definition) is 1. The molecule has 1 fully saturated rings. The Balaban J connectivity index is 2.28. The van der Waals surface area contributed by atoms with Gasteiger partial charge < -0.3 is 10.0 Å². The Bertz CT molecular complexity index is 234. The molecule has 2 unspecified atom stereocenters. The molecule has 0 aromatic rings. The van der Waals surface area contributed by atoms with Gasteiger partial charge in [-0.3, -0.25) is 4.79 Å². The van der Waals surface area contributed by atoms with Gasteiger partial charge in [-0.2, -0.15) is 0 Å². The highest BCUT2D eigenvalue weighted by atomic mass is 16.3. The molecule has 1 rings (SSSR count). The molecule has 0 aromatic carbocycles. The molecular formula is C14H27NO2. The molecule has 0 radical (unpaired) electrons. The molecule has 1 saturated carbocycles. The lowest BCUT2D eigenvalue weighted by molar-refractivity contribution is -0.134. The summed E-state index contributed by atoms with van der Waals surface area (Å²) in [6.45, 7) is 4.46. The third-order valence-electron chi connectivity index (χ3n) is 3.84. The lowest BCUT2D eigenvalue weighted by Crippen LogP contribution is -2.34. The first kappa shape index (κ1) is 14.5. The fourth-order valence-corrected chi connectivity index (χ4v) is 2.71. The molecule has 3 heteroatoms. The summed E-state index contributed by atoms with van der Waals surface area (Å²) < 4.78 is 0. The van der Waals surface area contributed by atoms with E-state index in [9.17, 15) is 9.90 Å². The van der Waals surface area contributed by atoms with E-state index in [0.29, 0.717) is 13.0 Å². The van der Waals surface area contributed by atoms with Crippen molar-refractivity contribution in [3.05, 3.63) is 0 Å². The summed E-state index contributed by atoms with van der Waals surface area (Å²) in [4.78, 5) is 13.9. The van der Waals surface area contributed by atoms with Crippen LogP contribution in [-0.4, -0.2) is 35.6 Å². The minimum absolute atomic E-state index is 0.136. The maximum Gasteiger partial charge on any atom is 0.225 e. The summed E-state index contributed by atoms with van der Waals surface area (Å²) in [7, 11) is 1.84. The largest absolute Gasteiger partial charge is 0.393 e. The van der Waals surface area contributed by atoms with Gasteiger partial charge in [0.25, 0.3) is 0 Å². The molecule has 1 aliphatic carbocycles. The van der Waals surface area contributed by atoms with Crippen molar-refractivity contribution in [2.24, 2.45) is 11.8 Å². The lowest BCUT2D eigenvalue weighted by atomic mass is 9.93. The predicted octanol–water partition coefficient (Wildman–Crippen LogP) is 2.43. The Morgan fingerprint density at radius 2 is 1.94 bits per heavy atom. The molecule has 0 spiro atoms. The number of rotatable bonds is 6. The molecule has 1 amide bonds. The van der Waals surface area contributed by atoms with Gasteiger partial charge in [0.05, 0.1) is 6.10 Å². The number of carbonyl (C=O) groups is 1. The van der Waals surface area contributed by atoms with Crippen LogP contribution in [0.3, 0.4) is 0 Å². The van der Waals surface area contributed by atoms with Crippen molar-refractivity contribution in [3.63, 3.8) is 0 Å². The zero-order valence-corrected chi connectivity index (χ0v) is 11.5. The van der Waals surface area contributed by atoms with Crippen molar-refractivity contribution in [1.82, 2.24) is 4.90 Å². The minimum atomic E-state index is -0.324. The maximum atomic E-state index is 12.1. The Labute approximate surface area is 105 Å². The first-order chi connectivity index (χ1) is 8.00. The SMILES string of the molecule is CC(O)CCN(C)C(=O)C(C)CC1CCCC1. The van der Waals surface area contributed by atoms with Gasteiger partial charge in [0.1, 0.15) is 0 Å². The third kappa shape index (κ3) is 5.07. The summed E-state index contributed by atoms with van der Waals surface area (Å²) in [5.41, 5.74) is 0. The predicted molar refractivity (Wildman–Crippen MR) is 69.7 cm³/mol. The summed E-state index contributed by atoms with van der Waals surface area (Å²) in [6.07, 6.45) is 6.66. The van der Waals surface area contributed by atoms with Crippen molar-refractivity contribution in [2.45, 2.75) is 58.5 Å². The smallest absolute Gasteiger partial charge is 0.225 e. The van der Waals surface area contributed by atoms with Crippen LogP contribution in [0.4, 0.5) is 0 Å². The van der Waals surface area contributed by atoms with E-state index < -0.39 is 0 Å². The number of nitrogens with zero attached hydrogens (tertiary/aromatic N) is 1. The topological polar surface area (TPSA) is 40.5 Å². The van der Waals surface area contributed by atoms with Gasteiger partial charge >= 0.3 is 0 Å². The van der Waals surface area contributed by atoms with Gasteiger partial charge in [0, 0.05) is 19.5 Å². The monoisotopic (exact) mass is 241 g/mol. The number of aliphatic hydroxyl groups is 1. The standard InChI is InChI=1S/C14H27NO2/c1-11(10-13-6-4-5-7-13)14(17)15(3)9-8-12(2)16/h11-13,16H,4-10H2,1-3H3. The van der Waals surface area contributed by atoms with Crippen LogP contribution in [0.1, 0.15) is 52.4 Å². The Morgan fingerprint density at radius 3 is 2.47 bits per heavy atom. The molecule has 0 aromatic heterocycles. The van der Waals surface area contributed by atoms with Gasteiger partial charge in [-0.25, -0.2) is 0 Å². The molecule has 1 aliphatic rings. The number of aliphatic hydroxyl groups excluding tert-OH is 1. The van der Waals surface area contributed by atoms with E-state index in [-0.39, 0.29) is 17.9 Å². The summed E-state index contributed by atoms with van der Waals surface area (Å²) in [5, 5.41) is 9.21. The molecule has 0 aliphatic heterocycles. The Morgan fingerprint density at radius 1 is 1.35 bits per heavy atom. The van der Waals surface area contributed by atoms with Crippen LogP contribution in [0.5, 0.6) is 0 Å². The second-order valence-corrected chi connectivity index (χ2v) is 5.68. The van der Waals surface area contributed by atoms with E-state index in [0.717, 1.165) is 12.3 Å². The van der Waals surface area contributed by atoms with Crippen LogP contribution in [0.25, 0.3) is 0 Å².